The topological polar surface area (TPSA) is 55.7 Å². The van der Waals surface area contributed by atoms with E-state index < -0.39 is 0 Å². The number of carbonyl (C=O) groups excluding carboxylic acids is 1. The zero-order valence-electron chi connectivity index (χ0n) is 25.7. The maximum atomic E-state index is 12.9. The molecule has 2 aliphatic rings. The van der Waals surface area contributed by atoms with Crippen molar-refractivity contribution in [2.45, 2.75) is 99.3 Å². The van der Waals surface area contributed by atoms with E-state index in [1.165, 1.54) is 57.8 Å². The van der Waals surface area contributed by atoms with Crippen molar-refractivity contribution in [3.63, 3.8) is 0 Å². The lowest BCUT2D eigenvalue weighted by Gasteiger charge is -2.30. The smallest absolute Gasteiger partial charge is 0.195 e. The summed E-state index contributed by atoms with van der Waals surface area (Å²) in [5.41, 5.74) is 1.78. The summed E-state index contributed by atoms with van der Waals surface area (Å²) in [6, 6.07) is 14.1. The Morgan fingerprint density at radius 3 is 2.25 bits per heavy atom. The summed E-state index contributed by atoms with van der Waals surface area (Å²) >= 11 is 0. The Morgan fingerprint density at radius 1 is 0.900 bits per heavy atom. The van der Waals surface area contributed by atoms with Gasteiger partial charge in [0.05, 0.1) is 12.2 Å². The minimum atomic E-state index is -0.196. The Hall–Kier alpha value is -2.49. The van der Waals surface area contributed by atoms with Gasteiger partial charge >= 0.3 is 0 Å². The lowest BCUT2D eigenvalue weighted by molar-refractivity contribution is 0.103. The molecule has 0 heterocycles. The molecule has 40 heavy (non-hydrogen) atoms. The monoisotopic (exact) mass is 545 g/mol. The van der Waals surface area contributed by atoms with Crippen LogP contribution in [0.2, 0.25) is 0 Å². The Kier molecular flexibility index (Phi) is 9.90. The molecule has 4 heteroatoms. The Morgan fingerprint density at radius 2 is 1.60 bits per heavy atom. The second-order valence-corrected chi connectivity index (χ2v) is 14.7. The number of hydrogen-bond donors (Lipinski definition) is 0. The first-order chi connectivity index (χ1) is 19.0. The van der Waals surface area contributed by atoms with Crippen LogP contribution in [0.15, 0.2) is 53.7 Å². The van der Waals surface area contributed by atoms with Crippen molar-refractivity contribution < 1.29 is 9.53 Å². The van der Waals surface area contributed by atoms with Crippen LogP contribution in [0.3, 0.4) is 0 Å². The number of nitroso groups, excluding NO2 is 1. The Labute approximate surface area is 242 Å². The van der Waals surface area contributed by atoms with Gasteiger partial charge in [-0.1, -0.05) is 97.6 Å². The normalized spacial score (nSPS) is 25.2. The number of nitrogens with zero attached hydrogens (tertiary/aromatic N) is 1. The summed E-state index contributed by atoms with van der Waals surface area (Å²) in [7, 11) is 0. The van der Waals surface area contributed by atoms with E-state index in [0.717, 1.165) is 17.8 Å². The average Bonchev–Trinajstić information content (AvgIpc) is 3.57. The van der Waals surface area contributed by atoms with E-state index in [2.05, 4.69) is 46.7 Å². The maximum Gasteiger partial charge on any atom is 0.195 e. The molecule has 4 rings (SSSR count). The average molecular weight is 546 g/mol. The van der Waals surface area contributed by atoms with Gasteiger partial charge in [0.1, 0.15) is 11.4 Å². The van der Waals surface area contributed by atoms with Gasteiger partial charge in [0.25, 0.3) is 0 Å². The van der Waals surface area contributed by atoms with E-state index in [0.29, 0.717) is 46.1 Å². The first kappa shape index (κ1) is 30.5. The van der Waals surface area contributed by atoms with Crippen LogP contribution in [0.5, 0.6) is 5.75 Å². The second-order valence-electron chi connectivity index (χ2n) is 14.7. The minimum absolute atomic E-state index is 0.143. The van der Waals surface area contributed by atoms with Gasteiger partial charge in [-0.15, -0.1) is 4.91 Å². The van der Waals surface area contributed by atoms with Crippen LogP contribution in [0.25, 0.3) is 0 Å². The van der Waals surface area contributed by atoms with Gasteiger partial charge in [0.2, 0.25) is 0 Å². The van der Waals surface area contributed by atoms with Crippen LogP contribution in [-0.2, 0) is 0 Å². The van der Waals surface area contributed by atoms with E-state index >= 15 is 0 Å². The highest BCUT2D eigenvalue weighted by Gasteiger charge is 2.38. The predicted octanol–water partition coefficient (Wildman–Crippen LogP) is 10.4. The number of hydrogen-bond acceptors (Lipinski definition) is 4. The van der Waals surface area contributed by atoms with Crippen LogP contribution >= 0.6 is 0 Å². The standard InChI is InChI=1S/C36H51NO3/c1-7-36(5,6)23-28-19-26(14-13-25-15-16-30(21-25)35(2,3)4)20-29(28)24-40-31-17-18-32(33(22-31)37-39)34(38)27-11-9-8-10-12-27/h8-12,17-18,22,25-26,28-30H,7,13-16,19-21,23-24H2,1-6H3. The summed E-state index contributed by atoms with van der Waals surface area (Å²) in [6.07, 6.45) is 11.9. The van der Waals surface area contributed by atoms with Crippen LogP contribution in [0.1, 0.15) is 115 Å². The minimum Gasteiger partial charge on any atom is -0.493 e. The molecule has 0 aliphatic heterocycles. The van der Waals surface area contributed by atoms with Crippen molar-refractivity contribution in [3.8, 4) is 5.75 Å². The number of rotatable bonds is 12. The summed E-state index contributed by atoms with van der Waals surface area (Å²) in [6.45, 7) is 15.0. The molecule has 0 bridgehead atoms. The fraction of sp³-hybridized carbons (Fsp3) is 0.639. The van der Waals surface area contributed by atoms with Crippen molar-refractivity contribution in [1.82, 2.24) is 0 Å². The number of carbonyl (C=O) groups is 1. The van der Waals surface area contributed by atoms with E-state index in [9.17, 15) is 9.70 Å². The zero-order chi connectivity index (χ0) is 28.9. The molecule has 0 saturated heterocycles. The van der Waals surface area contributed by atoms with Crippen LogP contribution in [0.4, 0.5) is 5.69 Å². The number of benzene rings is 2. The molecule has 4 nitrogen and oxygen atoms in total. The van der Waals surface area contributed by atoms with Crippen molar-refractivity contribution in [2.75, 3.05) is 6.61 Å². The molecule has 5 unspecified atom stereocenters. The first-order valence-corrected chi connectivity index (χ1v) is 15.7. The molecule has 5 atom stereocenters. The van der Waals surface area contributed by atoms with Gasteiger partial charge in [-0.2, -0.15) is 0 Å². The molecule has 218 valence electrons. The highest BCUT2D eigenvalue weighted by atomic mass is 16.5. The molecular formula is C36H51NO3. The lowest BCUT2D eigenvalue weighted by Crippen LogP contribution is -2.22. The lowest BCUT2D eigenvalue weighted by atomic mass is 9.77. The molecule has 2 aromatic rings. The third-order valence-electron chi connectivity index (χ3n) is 10.3. The Bertz CT molecular complexity index is 1130. The Balaban J connectivity index is 1.38. The number of ketones is 1. The molecule has 0 aromatic heterocycles. The highest BCUT2D eigenvalue weighted by Crippen LogP contribution is 2.48. The van der Waals surface area contributed by atoms with Crippen molar-refractivity contribution in [2.24, 2.45) is 45.6 Å². The second kappa shape index (κ2) is 13.0. The zero-order valence-corrected chi connectivity index (χ0v) is 25.7. The summed E-state index contributed by atoms with van der Waals surface area (Å²) in [5, 5.41) is 3.18. The molecule has 0 radical (unpaired) electrons. The molecule has 0 spiro atoms. The van der Waals surface area contributed by atoms with E-state index in [1.807, 2.05) is 24.3 Å². The van der Waals surface area contributed by atoms with Gasteiger partial charge in [-0.25, -0.2) is 0 Å². The van der Waals surface area contributed by atoms with Crippen LogP contribution < -0.4 is 4.74 Å². The number of ether oxygens (including phenoxy) is 1. The van der Waals surface area contributed by atoms with Crippen molar-refractivity contribution in [1.29, 1.82) is 0 Å². The van der Waals surface area contributed by atoms with E-state index in [-0.39, 0.29) is 11.5 Å². The maximum absolute atomic E-state index is 12.9. The SMILES string of the molecule is CCC(C)(C)CC1CC(CCC2CCC(C(C)(C)C)C2)CC1COc1ccc(C(=O)c2ccccc2)c(N=O)c1. The van der Waals surface area contributed by atoms with Gasteiger partial charge < -0.3 is 4.74 Å². The predicted molar refractivity (Wildman–Crippen MR) is 165 cm³/mol. The van der Waals surface area contributed by atoms with Gasteiger partial charge in [0.15, 0.2) is 5.78 Å². The summed E-state index contributed by atoms with van der Waals surface area (Å²) in [5.74, 6) is 4.15. The summed E-state index contributed by atoms with van der Waals surface area (Å²) in [4.78, 5) is 24.6. The largest absolute Gasteiger partial charge is 0.493 e. The molecule has 0 N–H and O–H groups in total. The quantitative estimate of drug-likeness (QED) is 0.197. The van der Waals surface area contributed by atoms with Crippen molar-refractivity contribution in [3.05, 3.63) is 64.6 Å². The fourth-order valence-corrected chi connectivity index (χ4v) is 7.29. The first-order valence-electron chi connectivity index (χ1n) is 15.7. The highest BCUT2D eigenvalue weighted by molar-refractivity contribution is 6.12. The molecule has 2 aromatic carbocycles. The van der Waals surface area contributed by atoms with Gasteiger partial charge in [-0.3, -0.25) is 4.79 Å². The molecule has 0 amide bonds. The molecule has 2 aliphatic carbocycles. The van der Waals surface area contributed by atoms with Gasteiger partial charge in [0, 0.05) is 11.6 Å². The molecule has 2 saturated carbocycles. The molecular weight excluding hydrogens is 494 g/mol. The van der Waals surface area contributed by atoms with Crippen molar-refractivity contribution >= 4 is 11.5 Å². The fourth-order valence-electron chi connectivity index (χ4n) is 7.29. The van der Waals surface area contributed by atoms with Crippen LogP contribution in [-0.4, -0.2) is 12.4 Å². The third kappa shape index (κ3) is 7.83. The third-order valence-corrected chi connectivity index (χ3v) is 10.3. The molecule has 2 fully saturated rings. The summed E-state index contributed by atoms with van der Waals surface area (Å²) < 4.78 is 6.32. The van der Waals surface area contributed by atoms with Gasteiger partial charge in [-0.05, 0) is 89.8 Å². The van der Waals surface area contributed by atoms with Crippen LogP contribution in [0, 0.1) is 45.3 Å². The van der Waals surface area contributed by atoms with E-state index in [1.54, 1.807) is 24.3 Å². The van der Waals surface area contributed by atoms with E-state index in [4.69, 9.17) is 4.74 Å².